The summed E-state index contributed by atoms with van der Waals surface area (Å²) >= 11 is 2.90. The van der Waals surface area contributed by atoms with E-state index in [-0.39, 0.29) is 16.6 Å². The molecule has 1 aromatic carbocycles. The summed E-state index contributed by atoms with van der Waals surface area (Å²) in [6, 6.07) is 2.85. The first kappa shape index (κ1) is 11.5. The normalized spacial score (nSPS) is 11.9. The molecular weight excluding hydrogens is 259 g/mol. The third-order valence-electron chi connectivity index (χ3n) is 1.87. The zero-order valence-electron chi connectivity index (χ0n) is 7.45. The Bertz CT molecular complexity index is 323. The van der Waals surface area contributed by atoms with Crippen LogP contribution < -0.4 is 5.73 Å². The molecule has 0 heterocycles. The molecule has 0 aliphatic heterocycles. The zero-order valence-corrected chi connectivity index (χ0v) is 9.04. The second-order valence-corrected chi connectivity index (χ2v) is 3.83. The van der Waals surface area contributed by atoms with Crippen LogP contribution in [-0.4, -0.2) is 0 Å². The van der Waals surface area contributed by atoms with Gasteiger partial charge in [-0.1, -0.05) is 22.0 Å². The molecule has 78 valence electrons. The molecule has 0 radical (unpaired) electrons. The highest BCUT2D eigenvalue weighted by atomic mass is 79.9. The Morgan fingerprint density at radius 1 is 1.36 bits per heavy atom. The standard InChI is InChI=1S/C9H9BrF3N/c1-5-2-6(4-14)3-7(10)8(5)9(11,12)13/h2-3H,4,14H2,1H3. The topological polar surface area (TPSA) is 26.0 Å². The summed E-state index contributed by atoms with van der Waals surface area (Å²) in [7, 11) is 0. The number of benzene rings is 1. The maximum atomic E-state index is 12.5. The third-order valence-corrected chi connectivity index (χ3v) is 2.49. The molecule has 1 rings (SSSR count). The molecule has 0 aliphatic carbocycles. The monoisotopic (exact) mass is 267 g/mol. The molecule has 0 amide bonds. The first-order valence-corrected chi connectivity index (χ1v) is 4.72. The van der Waals surface area contributed by atoms with E-state index in [0.29, 0.717) is 5.56 Å². The second-order valence-electron chi connectivity index (χ2n) is 2.97. The highest BCUT2D eigenvalue weighted by Crippen LogP contribution is 2.37. The van der Waals surface area contributed by atoms with Crippen LogP contribution in [0.2, 0.25) is 0 Å². The van der Waals surface area contributed by atoms with Crippen LogP contribution in [-0.2, 0) is 12.7 Å². The van der Waals surface area contributed by atoms with Gasteiger partial charge in [0.2, 0.25) is 0 Å². The lowest BCUT2D eigenvalue weighted by Gasteiger charge is -2.13. The van der Waals surface area contributed by atoms with Gasteiger partial charge in [0.1, 0.15) is 0 Å². The molecule has 0 unspecified atom stereocenters. The number of rotatable bonds is 1. The van der Waals surface area contributed by atoms with Crippen molar-refractivity contribution in [2.75, 3.05) is 0 Å². The van der Waals surface area contributed by atoms with E-state index >= 15 is 0 Å². The molecule has 1 nitrogen and oxygen atoms in total. The Morgan fingerprint density at radius 3 is 2.29 bits per heavy atom. The van der Waals surface area contributed by atoms with Gasteiger partial charge in [0.15, 0.2) is 0 Å². The summed E-state index contributed by atoms with van der Waals surface area (Å²) < 4.78 is 37.5. The van der Waals surface area contributed by atoms with Gasteiger partial charge in [-0.05, 0) is 24.1 Å². The SMILES string of the molecule is Cc1cc(CN)cc(Br)c1C(F)(F)F. The predicted molar refractivity (Wildman–Crippen MR) is 51.8 cm³/mol. The van der Waals surface area contributed by atoms with Gasteiger partial charge in [-0.3, -0.25) is 0 Å². The highest BCUT2D eigenvalue weighted by Gasteiger charge is 2.34. The first-order chi connectivity index (χ1) is 6.36. The minimum atomic E-state index is -4.32. The van der Waals surface area contributed by atoms with Gasteiger partial charge in [0.25, 0.3) is 0 Å². The summed E-state index contributed by atoms with van der Waals surface area (Å²) in [5.41, 5.74) is 5.58. The predicted octanol–water partition coefficient (Wildman–Crippen LogP) is 3.24. The van der Waals surface area contributed by atoms with E-state index in [1.54, 1.807) is 0 Å². The van der Waals surface area contributed by atoms with Crippen LogP contribution in [0.4, 0.5) is 13.2 Å². The fourth-order valence-corrected chi connectivity index (χ4v) is 2.12. The highest BCUT2D eigenvalue weighted by molar-refractivity contribution is 9.10. The summed E-state index contributed by atoms with van der Waals surface area (Å²) in [6.07, 6.45) is -4.32. The number of alkyl halides is 3. The van der Waals surface area contributed by atoms with E-state index < -0.39 is 11.7 Å². The van der Waals surface area contributed by atoms with Crippen LogP contribution in [0.5, 0.6) is 0 Å². The van der Waals surface area contributed by atoms with E-state index in [1.807, 2.05) is 0 Å². The van der Waals surface area contributed by atoms with Gasteiger partial charge >= 0.3 is 6.18 Å². The quantitative estimate of drug-likeness (QED) is 0.831. The Kier molecular flexibility index (Phi) is 3.21. The molecule has 0 spiro atoms. The van der Waals surface area contributed by atoms with Crippen molar-refractivity contribution in [3.63, 3.8) is 0 Å². The number of hydrogen-bond donors (Lipinski definition) is 1. The smallest absolute Gasteiger partial charge is 0.326 e. The first-order valence-electron chi connectivity index (χ1n) is 3.92. The Hall–Kier alpha value is -0.550. The largest absolute Gasteiger partial charge is 0.417 e. The maximum Gasteiger partial charge on any atom is 0.417 e. The fraction of sp³-hybridized carbons (Fsp3) is 0.333. The molecule has 0 aliphatic rings. The van der Waals surface area contributed by atoms with Crippen molar-refractivity contribution in [3.8, 4) is 0 Å². The number of hydrogen-bond acceptors (Lipinski definition) is 1. The molecule has 14 heavy (non-hydrogen) atoms. The summed E-state index contributed by atoms with van der Waals surface area (Å²) in [5, 5.41) is 0. The van der Waals surface area contributed by atoms with Gasteiger partial charge in [-0.15, -0.1) is 0 Å². The Labute approximate surface area is 88.2 Å². The lowest BCUT2D eigenvalue weighted by atomic mass is 10.0. The third kappa shape index (κ3) is 2.27. The van der Waals surface area contributed by atoms with Crippen LogP contribution in [0, 0.1) is 6.92 Å². The van der Waals surface area contributed by atoms with Crippen molar-refractivity contribution in [2.45, 2.75) is 19.6 Å². The van der Waals surface area contributed by atoms with Crippen LogP contribution >= 0.6 is 15.9 Å². The molecular formula is C9H9BrF3N. The van der Waals surface area contributed by atoms with Gasteiger partial charge in [-0.2, -0.15) is 13.2 Å². The lowest BCUT2D eigenvalue weighted by molar-refractivity contribution is -0.138. The van der Waals surface area contributed by atoms with Gasteiger partial charge in [0.05, 0.1) is 5.56 Å². The van der Waals surface area contributed by atoms with E-state index in [2.05, 4.69) is 15.9 Å². The van der Waals surface area contributed by atoms with Crippen LogP contribution in [0.15, 0.2) is 16.6 Å². The summed E-state index contributed by atoms with van der Waals surface area (Å²) in [4.78, 5) is 0. The number of aryl methyl sites for hydroxylation is 1. The van der Waals surface area contributed by atoms with Crippen molar-refractivity contribution in [3.05, 3.63) is 33.3 Å². The Morgan fingerprint density at radius 2 is 1.93 bits per heavy atom. The lowest BCUT2D eigenvalue weighted by Crippen LogP contribution is -2.10. The summed E-state index contributed by atoms with van der Waals surface area (Å²) in [6.45, 7) is 1.66. The van der Waals surface area contributed by atoms with E-state index in [9.17, 15) is 13.2 Å². The molecule has 0 aromatic heterocycles. The second kappa shape index (κ2) is 3.90. The fourth-order valence-electron chi connectivity index (χ4n) is 1.29. The van der Waals surface area contributed by atoms with Crippen molar-refractivity contribution in [1.29, 1.82) is 0 Å². The molecule has 0 bridgehead atoms. The van der Waals surface area contributed by atoms with E-state index in [4.69, 9.17) is 5.73 Å². The molecule has 0 saturated carbocycles. The zero-order chi connectivity index (χ0) is 10.9. The van der Waals surface area contributed by atoms with Gasteiger partial charge in [-0.25, -0.2) is 0 Å². The minimum absolute atomic E-state index is 0.0467. The van der Waals surface area contributed by atoms with Crippen molar-refractivity contribution >= 4 is 15.9 Å². The van der Waals surface area contributed by atoms with E-state index in [1.165, 1.54) is 19.1 Å². The van der Waals surface area contributed by atoms with Gasteiger partial charge < -0.3 is 5.73 Å². The summed E-state index contributed by atoms with van der Waals surface area (Å²) in [5.74, 6) is 0. The van der Waals surface area contributed by atoms with Gasteiger partial charge in [0, 0.05) is 11.0 Å². The molecule has 5 heteroatoms. The average molecular weight is 268 g/mol. The van der Waals surface area contributed by atoms with Crippen LogP contribution in [0.25, 0.3) is 0 Å². The minimum Gasteiger partial charge on any atom is -0.326 e. The van der Waals surface area contributed by atoms with Crippen molar-refractivity contribution < 1.29 is 13.2 Å². The average Bonchev–Trinajstić information content (AvgIpc) is 1.99. The van der Waals surface area contributed by atoms with Crippen LogP contribution in [0.1, 0.15) is 16.7 Å². The van der Waals surface area contributed by atoms with Crippen molar-refractivity contribution in [2.24, 2.45) is 5.73 Å². The Balaban J connectivity index is 3.33. The maximum absolute atomic E-state index is 12.5. The number of nitrogens with two attached hydrogens (primary N) is 1. The van der Waals surface area contributed by atoms with Crippen LogP contribution in [0.3, 0.4) is 0 Å². The molecule has 2 N–H and O–H groups in total. The molecule has 0 fully saturated rings. The van der Waals surface area contributed by atoms with Crippen molar-refractivity contribution in [1.82, 2.24) is 0 Å². The molecule has 0 saturated heterocycles. The number of halogens is 4. The molecule has 0 atom stereocenters. The molecule has 1 aromatic rings. The van der Waals surface area contributed by atoms with E-state index in [0.717, 1.165) is 0 Å².